The Morgan fingerprint density at radius 3 is 2.50 bits per heavy atom. The molecule has 0 fully saturated rings. The van der Waals surface area contributed by atoms with Crippen molar-refractivity contribution in [2.75, 3.05) is 5.32 Å². The van der Waals surface area contributed by atoms with Crippen molar-refractivity contribution in [1.29, 1.82) is 0 Å². The van der Waals surface area contributed by atoms with Gasteiger partial charge in [0.25, 0.3) is 5.91 Å². The summed E-state index contributed by atoms with van der Waals surface area (Å²) < 4.78 is 0.764. The van der Waals surface area contributed by atoms with Gasteiger partial charge in [-0.1, -0.05) is 12.1 Å². The number of aromatic nitrogens is 3. The van der Waals surface area contributed by atoms with E-state index in [2.05, 4.69) is 36.4 Å². The minimum absolute atomic E-state index is 0.158. The number of hydrogen-bond acceptors (Lipinski definition) is 3. The van der Waals surface area contributed by atoms with Crippen LogP contribution in [0.2, 0.25) is 0 Å². The quantitative estimate of drug-likeness (QED) is 0.749. The molecule has 0 atom stereocenters. The Hall–Kier alpha value is -2.47. The molecule has 2 N–H and O–H groups in total. The minimum atomic E-state index is -0.158. The number of halogens is 1. The number of nitrogens with zero attached hydrogens (tertiary/aromatic N) is 2. The summed E-state index contributed by atoms with van der Waals surface area (Å²) in [6.45, 7) is 1.85. The highest BCUT2D eigenvalue weighted by Crippen LogP contribution is 2.20. The highest BCUT2D eigenvalue weighted by Gasteiger charge is 2.10. The van der Waals surface area contributed by atoms with E-state index < -0.39 is 0 Å². The molecule has 22 heavy (non-hydrogen) atoms. The first-order chi connectivity index (χ1) is 10.6. The maximum atomic E-state index is 12.2. The average molecular weight is 357 g/mol. The fourth-order valence-corrected chi connectivity index (χ4v) is 2.48. The second kappa shape index (κ2) is 6.11. The molecule has 0 spiro atoms. The minimum Gasteiger partial charge on any atom is -0.322 e. The number of aryl methyl sites for hydroxylation is 1. The van der Waals surface area contributed by atoms with Crippen LogP contribution >= 0.6 is 15.9 Å². The predicted molar refractivity (Wildman–Crippen MR) is 88.7 cm³/mol. The summed E-state index contributed by atoms with van der Waals surface area (Å²) in [4.78, 5) is 16.5. The number of carbonyl (C=O) groups is 1. The first-order valence-electron chi connectivity index (χ1n) is 6.69. The molecule has 0 aliphatic carbocycles. The van der Waals surface area contributed by atoms with Gasteiger partial charge in [-0.3, -0.25) is 9.89 Å². The Labute approximate surface area is 135 Å². The average Bonchev–Trinajstić information content (AvgIpc) is 2.95. The van der Waals surface area contributed by atoms with Crippen molar-refractivity contribution in [3.8, 4) is 11.4 Å². The van der Waals surface area contributed by atoms with Gasteiger partial charge in [-0.25, -0.2) is 4.98 Å². The van der Waals surface area contributed by atoms with E-state index in [1.807, 2.05) is 49.4 Å². The molecule has 110 valence electrons. The van der Waals surface area contributed by atoms with Crippen molar-refractivity contribution in [3.05, 3.63) is 64.4 Å². The van der Waals surface area contributed by atoms with Crippen LogP contribution in [0.4, 0.5) is 5.69 Å². The Morgan fingerprint density at radius 1 is 1.14 bits per heavy atom. The number of H-pyrrole nitrogens is 1. The Morgan fingerprint density at radius 2 is 1.86 bits per heavy atom. The molecule has 0 aliphatic rings. The normalized spacial score (nSPS) is 10.5. The summed E-state index contributed by atoms with van der Waals surface area (Å²) >= 11 is 3.37. The van der Waals surface area contributed by atoms with Crippen molar-refractivity contribution in [3.63, 3.8) is 0 Å². The fraction of sp³-hybridized carbons (Fsp3) is 0.0625. The smallest absolute Gasteiger partial charge is 0.256 e. The number of amides is 1. The molecular weight excluding hydrogens is 344 g/mol. The molecule has 0 bridgehead atoms. The van der Waals surface area contributed by atoms with Crippen molar-refractivity contribution in [2.45, 2.75) is 6.92 Å². The SMILES string of the molecule is Cc1nc(-c2ccc(NC(=O)c3ccccc3Br)cc2)n[nH]1. The molecular formula is C16H13BrN4O. The molecule has 3 rings (SSSR count). The first kappa shape index (κ1) is 14.5. The van der Waals surface area contributed by atoms with Crippen molar-refractivity contribution in [2.24, 2.45) is 0 Å². The fourth-order valence-electron chi connectivity index (χ4n) is 2.02. The van der Waals surface area contributed by atoms with Crippen LogP contribution in [0.15, 0.2) is 53.0 Å². The van der Waals surface area contributed by atoms with E-state index in [0.717, 1.165) is 21.5 Å². The highest BCUT2D eigenvalue weighted by molar-refractivity contribution is 9.10. The van der Waals surface area contributed by atoms with Crippen LogP contribution in [0, 0.1) is 6.92 Å². The summed E-state index contributed by atoms with van der Waals surface area (Å²) in [5, 5.41) is 9.78. The third kappa shape index (κ3) is 3.07. The van der Waals surface area contributed by atoms with Crippen LogP contribution in [0.1, 0.15) is 16.2 Å². The summed E-state index contributed by atoms with van der Waals surface area (Å²) in [5.41, 5.74) is 2.20. The molecule has 2 aromatic carbocycles. The zero-order valence-electron chi connectivity index (χ0n) is 11.8. The van der Waals surface area contributed by atoms with Gasteiger partial charge in [0.2, 0.25) is 0 Å². The maximum Gasteiger partial charge on any atom is 0.256 e. The molecule has 0 saturated carbocycles. The number of aromatic amines is 1. The summed E-state index contributed by atoms with van der Waals surface area (Å²) in [7, 11) is 0. The van der Waals surface area contributed by atoms with Gasteiger partial charge in [0.15, 0.2) is 5.82 Å². The van der Waals surface area contributed by atoms with Gasteiger partial charge >= 0.3 is 0 Å². The van der Waals surface area contributed by atoms with Gasteiger partial charge in [-0.05, 0) is 59.3 Å². The van der Waals surface area contributed by atoms with Crippen molar-refractivity contribution >= 4 is 27.5 Å². The van der Waals surface area contributed by atoms with Crippen LogP contribution in [0.5, 0.6) is 0 Å². The van der Waals surface area contributed by atoms with E-state index in [4.69, 9.17) is 0 Å². The monoisotopic (exact) mass is 356 g/mol. The van der Waals surface area contributed by atoms with Crippen LogP contribution in [-0.4, -0.2) is 21.1 Å². The van der Waals surface area contributed by atoms with Crippen molar-refractivity contribution in [1.82, 2.24) is 15.2 Å². The number of anilines is 1. The lowest BCUT2D eigenvalue weighted by atomic mass is 10.1. The van der Waals surface area contributed by atoms with Crippen LogP contribution in [-0.2, 0) is 0 Å². The molecule has 1 amide bonds. The molecule has 0 unspecified atom stereocenters. The number of hydrogen-bond donors (Lipinski definition) is 2. The van der Waals surface area contributed by atoms with Crippen LogP contribution < -0.4 is 5.32 Å². The molecule has 0 aliphatic heterocycles. The standard InChI is InChI=1S/C16H13BrN4O/c1-10-18-15(21-20-10)11-6-8-12(9-7-11)19-16(22)13-4-2-3-5-14(13)17/h2-9H,1H3,(H,19,22)(H,18,20,21). The molecule has 3 aromatic rings. The highest BCUT2D eigenvalue weighted by atomic mass is 79.9. The second-order valence-corrected chi connectivity index (χ2v) is 5.61. The van der Waals surface area contributed by atoms with Gasteiger partial charge in [-0.15, -0.1) is 0 Å². The summed E-state index contributed by atoms with van der Waals surface area (Å²) in [6, 6.07) is 14.7. The van der Waals surface area contributed by atoms with E-state index in [1.165, 1.54) is 0 Å². The van der Waals surface area contributed by atoms with E-state index >= 15 is 0 Å². The van der Waals surface area contributed by atoms with E-state index in [0.29, 0.717) is 11.4 Å². The summed E-state index contributed by atoms with van der Waals surface area (Å²) in [6.07, 6.45) is 0. The molecule has 1 heterocycles. The Kier molecular flexibility index (Phi) is 4.02. The van der Waals surface area contributed by atoms with E-state index in [-0.39, 0.29) is 5.91 Å². The van der Waals surface area contributed by atoms with Gasteiger partial charge in [-0.2, -0.15) is 5.10 Å². The largest absolute Gasteiger partial charge is 0.322 e. The first-order valence-corrected chi connectivity index (χ1v) is 7.48. The third-order valence-corrected chi connectivity index (χ3v) is 3.81. The Bertz CT molecular complexity index is 811. The molecule has 5 nitrogen and oxygen atoms in total. The molecule has 6 heteroatoms. The molecule has 0 radical (unpaired) electrons. The zero-order valence-corrected chi connectivity index (χ0v) is 13.4. The molecule has 1 aromatic heterocycles. The second-order valence-electron chi connectivity index (χ2n) is 4.76. The number of carbonyl (C=O) groups excluding carboxylic acids is 1. The Balaban J connectivity index is 1.76. The number of rotatable bonds is 3. The topological polar surface area (TPSA) is 70.7 Å². The van der Waals surface area contributed by atoms with Gasteiger partial charge in [0.1, 0.15) is 5.82 Å². The van der Waals surface area contributed by atoms with E-state index in [9.17, 15) is 4.79 Å². The maximum absolute atomic E-state index is 12.2. The predicted octanol–water partition coefficient (Wildman–Crippen LogP) is 3.79. The third-order valence-electron chi connectivity index (χ3n) is 3.12. The molecule has 0 saturated heterocycles. The number of nitrogens with one attached hydrogen (secondary N) is 2. The number of benzene rings is 2. The van der Waals surface area contributed by atoms with Crippen molar-refractivity contribution < 1.29 is 4.79 Å². The van der Waals surface area contributed by atoms with Gasteiger partial charge in [0.05, 0.1) is 5.56 Å². The summed E-state index contributed by atoms with van der Waals surface area (Å²) in [5.74, 6) is 1.25. The van der Waals surface area contributed by atoms with E-state index in [1.54, 1.807) is 6.07 Å². The lowest BCUT2D eigenvalue weighted by Crippen LogP contribution is -2.12. The van der Waals surface area contributed by atoms with Gasteiger partial charge < -0.3 is 5.32 Å². The zero-order chi connectivity index (χ0) is 15.5. The lowest BCUT2D eigenvalue weighted by molar-refractivity contribution is 0.102. The van der Waals surface area contributed by atoms with Crippen LogP contribution in [0.3, 0.4) is 0 Å². The lowest BCUT2D eigenvalue weighted by Gasteiger charge is -2.07. The van der Waals surface area contributed by atoms with Crippen LogP contribution in [0.25, 0.3) is 11.4 Å². The van der Waals surface area contributed by atoms with Gasteiger partial charge in [0, 0.05) is 15.7 Å².